The van der Waals surface area contributed by atoms with Crippen LogP contribution in [0.2, 0.25) is 0 Å². The SMILES string of the molecule is COC(=O)c1ccc(C=Nn2c(-c3cc(C)c(C)cc3C)csc2=NCC2CCCO2)cc1. The quantitative estimate of drug-likeness (QED) is 0.386. The fourth-order valence-electron chi connectivity index (χ4n) is 3.86. The summed E-state index contributed by atoms with van der Waals surface area (Å²) in [5.41, 5.74) is 7.27. The van der Waals surface area contributed by atoms with Gasteiger partial charge in [0, 0.05) is 17.6 Å². The molecule has 0 N–H and O–H groups in total. The van der Waals surface area contributed by atoms with E-state index < -0.39 is 0 Å². The molecule has 3 aromatic rings. The van der Waals surface area contributed by atoms with Crippen LogP contribution in [-0.2, 0) is 9.47 Å². The van der Waals surface area contributed by atoms with Crippen molar-refractivity contribution < 1.29 is 14.3 Å². The van der Waals surface area contributed by atoms with E-state index in [-0.39, 0.29) is 12.1 Å². The molecule has 2 heterocycles. The molecule has 0 saturated carbocycles. The number of aromatic nitrogens is 1. The van der Waals surface area contributed by atoms with E-state index in [2.05, 4.69) is 38.3 Å². The van der Waals surface area contributed by atoms with Crippen LogP contribution in [0.15, 0.2) is 51.9 Å². The minimum absolute atomic E-state index is 0.183. The highest BCUT2D eigenvalue weighted by atomic mass is 32.1. The Morgan fingerprint density at radius 2 is 1.94 bits per heavy atom. The molecule has 0 amide bonds. The molecule has 0 radical (unpaired) electrons. The monoisotopic (exact) mass is 463 g/mol. The molecule has 1 atom stereocenters. The maximum atomic E-state index is 11.7. The standard InChI is InChI=1S/C26H29N3O3S/c1-17-12-19(3)23(13-18(17)2)24-16-33-26(27-15-22-6-5-11-32-22)29(24)28-14-20-7-9-21(10-8-20)25(30)31-4/h7-10,12-14,16,22H,5-6,11,15H2,1-4H3. The Labute approximate surface area is 198 Å². The summed E-state index contributed by atoms with van der Waals surface area (Å²) >= 11 is 1.58. The van der Waals surface area contributed by atoms with Crippen molar-refractivity contribution in [1.82, 2.24) is 4.68 Å². The molecule has 0 aliphatic carbocycles. The van der Waals surface area contributed by atoms with Gasteiger partial charge in [-0.3, -0.25) is 4.99 Å². The Balaban J connectivity index is 1.72. The Bertz CT molecular complexity index is 1230. The number of nitrogens with zero attached hydrogens (tertiary/aromatic N) is 3. The fraction of sp³-hybridized carbons (Fsp3) is 0.346. The molecule has 1 saturated heterocycles. The van der Waals surface area contributed by atoms with Crippen LogP contribution in [0, 0.1) is 20.8 Å². The van der Waals surface area contributed by atoms with E-state index >= 15 is 0 Å². The van der Waals surface area contributed by atoms with Crippen molar-refractivity contribution in [3.8, 4) is 11.3 Å². The minimum atomic E-state index is -0.353. The van der Waals surface area contributed by atoms with Crippen molar-refractivity contribution in [2.45, 2.75) is 39.7 Å². The number of aryl methyl sites for hydroxylation is 3. The van der Waals surface area contributed by atoms with E-state index in [0.29, 0.717) is 12.1 Å². The Morgan fingerprint density at radius 1 is 1.18 bits per heavy atom. The van der Waals surface area contributed by atoms with Gasteiger partial charge in [-0.05, 0) is 74.1 Å². The zero-order chi connectivity index (χ0) is 23.4. The molecule has 0 spiro atoms. The Hall–Kier alpha value is -3.03. The molecular weight excluding hydrogens is 434 g/mol. The molecular formula is C26H29N3O3S. The summed E-state index contributed by atoms with van der Waals surface area (Å²) in [6.07, 6.45) is 4.12. The molecule has 1 aliphatic rings. The van der Waals surface area contributed by atoms with E-state index in [4.69, 9.17) is 19.6 Å². The van der Waals surface area contributed by atoms with E-state index in [1.807, 2.05) is 16.8 Å². The van der Waals surface area contributed by atoms with E-state index in [9.17, 15) is 4.79 Å². The Morgan fingerprint density at radius 3 is 2.64 bits per heavy atom. The van der Waals surface area contributed by atoms with Gasteiger partial charge >= 0.3 is 5.97 Å². The molecule has 1 aromatic heterocycles. The number of hydrogen-bond acceptors (Lipinski definition) is 6. The number of esters is 1. The molecule has 1 aliphatic heterocycles. The summed E-state index contributed by atoms with van der Waals surface area (Å²) < 4.78 is 12.4. The highest BCUT2D eigenvalue weighted by Gasteiger charge is 2.16. The normalized spacial score (nSPS) is 16.6. The van der Waals surface area contributed by atoms with Gasteiger partial charge in [0.15, 0.2) is 0 Å². The lowest BCUT2D eigenvalue weighted by atomic mass is 9.99. The van der Waals surface area contributed by atoms with Gasteiger partial charge in [0.2, 0.25) is 4.80 Å². The van der Waals surface area contributed by atoms with Gasteiger partial charge < -0.3 is 9.47 Å². The molecule has 0 bridgehead atoms. The van der Waals surface area contributed by atoms with Gasteiger partial charge in [-0.2, -0.15) is 5.10 Å². The van der Waals surface area contributed by atoms with Crippen LogP contribution in [-0.4, -0.2) is 43.2 Å². The number of benzene rings is 2. The third kappa shape index (κ3) is 5.31. The lowest BCUT2D eigenvalue weighted by Crippen LogP contribution is -2.17. The summed E-state index contributed by atoms with van der Waals surface area (Å²) in [6.45, 7) is 7.84. The molecule has 1 fully saturated rings. The largest absolute Gasteiger partial charge is 0.465 e. The van der Waals surface area contributed by atoms with Gasteiger partial charge in [0.1, 0.15) is 0 Å². The first kappa shape index (κ1) is 23.1. The first-order chi connectivity index (χ1) is 16.0. The second-order valence-electron chi connectivity index (χ2n) is 8.30. The average Bonchev–Trinajstić information content (AvgIpc) is 3.48. The molecule has 7 heteroatoms. The van der Waals surface area contributed by atoms with Crippen molar-refractivity contribution in [2.75, 3.05) is 20.3 Å². The third-order valence-electron chi connectivity index (χ3n) is 5.91. The van der Waals surface area contributed by atoms with Crippen LogP contribution in [0.4, 0.5) is 0 Å². The maximum Gasteiger partial charge on any atom is 0.337 e. The zero-order valence-electron chi connectivity index (χ0n) is 19.5. The van der Waals surface area contributed by atoms with Gasteiger partial charge in [0.05, 0.1) is 37.2 Å². The highest BCUT2D eigenvalue weighted by Crippen LogP contribution is 2.27. The number of thiazole rings is 1. The van der Waals surface area contributed by atoms with E-state index in [1.54, 1.807) is 29.7 Å². The first-order valence-electron chi connectivity index (χ1n) is 11.1. The summed E-state index contributed by atoms with van der Waals surface area (Å²) in [6, 6.07) is 11.6. The number of carbonyl (C=O) groups is 1. The van der Waals surface area contributed by atoms with Crippen LogP contribution < -0.4 is 4.80 Å². The van der Waals surface area contributed by atoms with Gasteiger partial charge in [-0.1, -0.05) is 18.2 Å². The second kappa shape index (κ2) is 10.3. The van der Waals surface area contributed by atoms with Gasteiger partial charge in [-0.25, -0.2) is 9.47 Å². The predicted octanol–water partition coefficient (Wildman–Crippen LogP) is 4.89. The van der Waals surface area contributed by atoms with E-state index in [0.717, 1.165) is 41.1 Å². The van der Waals surface area contributed by atoms with E-state index in [1.165, 1.54) is 23.8 Å². The van der Waals surface area contributed by atoms with Crippen molar-refractivity contribution in [1.29, 1.82) is 0 Å². The summed E-state index contributed by atoms with van der Waals surface area (Å²) in [5.74, 6) is -0.353. The molecule has 4 rings (SSSR count). The summed E-state index contributed by atoms with van der Waals surface area (Å²) in [5, 5.41) is 6.91. The molecule has 33 heavy (non-hydrogen) atoms. The van der Waals surface area contributed by atoms with Crippen molar-refractivity contribution in [3.05, 3.63) is 74.4 Å². The number of carbonyl (C=O) groups excluding carboxylic acids is 1. The smallest absolute Gasteiger partial charge is 0.337 e. The minimum Gasteiger partial charge on any atom is -0.465 e. The summed E-state index contributed by atoms with van der Waals surface area (Å²) in [7, 11) is 1.38. The zero-order valence-corrected chi connectivity index (χ0v) is 20.3. The van der Waals surface area contributed by atoms with Crippen LogP contribution in [0.1, 0.15) is 45.5 Å². The van der Waals surface area contributed by atoms with Crippen molar-refractivity contribution in [2.24, 2.45) is 10.1 Å². The van der Waals surface area contributed by atoms with Crippen LogP contribution >= 0.6 is 11.3 Å². The number of hydrogen-bond donors (Lipinski definition) is 0. The van der Waals surface area contributed by atoms with Crippen LogP contribution in [0.5, 0.6) is 0 Å². The van der Waals surface area contributed by atoms with Crippen LogP contribution in [0.25, 0.3) is 11.3 Å². The number of rotatable bonds is 6. The van der Waals surface area contributed by atoms with Crippen LogP contribution in [0.3, 0.4) is 0 Å². The number of methoxy groups -OCH3 is 1. The highest BCUT2D eigenvalue weighted by molar-refractivity contribution is 7.07. The third-order valence-corrected chi connectivity index (χ3v) is 6.76. The van der Waals surface area contributed by atoms with Crippen molar-refractivity contribution in [3.63, 3.8) is 0 Å². The van der Waals surface area contributed by atoms with Gasteiger partial charge in [0.25, 0.3) is 0 Å². The lowest BCUT2D eigenvalue weighted by molar-refractivity contribution is 0.0600. The summed E-state index contributed by atoms with van der Waals surface area (Å²) in [4.78, 5) is 17.4. The predicted molar refractivity (Wildman–Crippen MR) is 132 cm³/mol. The lowest BCUT2D eigenvalue weighted by Gasteiger charge is -2.11. The molecule has 6 nitrogen and oxygen atoms in total. The maximum absolute atomic E-state index is 11.7. The first-order valence-corrected chi connectivity index (χ1v) is 12.0. The fourth-order valence-corrected chi connectivity index (χ4v) is 4.70. The molecule has 1 unspecified atom stereocenters. The second-order valence-corrected chi connectivity index (χ2v) is 9.14. The number of ether oxygens (including phenoxy) is 2. The Kier molecular flexibility index (Phi) is 7.20. The van der Waals surface area contributed by atoms with Crippen molar-refractivity contribution >= 4 is 23.5 Å². The topological polar surface area (TPSA) is 65.2 Å². The van der Waals surface area contributed by atoms with Gasteiger partial charge in [-0.15, -0.1) is 11.3 Å². The molecule has 2 aromatic carbocycles. The molecule has 172 valence electrons. The average molecular weight is 464 g/mol.